The minimum atomic E-state index is 0.310. The molecule has 2 heteroatoms. The normalized spacial score (nSPS) is 12.8. The Bertz CT molecular complexity index is 323. The van der Waals surface area contributed by atoms with Gasteiger partial charge in [0.2, 0.25) is 0 Å². The fraction of sp³-hybridized carbons (Fsp3) is 0.571. The Morgan fingerprint density at radius 3 is 2.69 bits per heavy atom. The first-order chi connectivity index (χ1) is 7.70. The number of rotatable bonds is 6. The molecular formula is C14H23NO. The van der Waals surface area contributed by atoms with Crippen LogP contribution >= 0.6 is 0 Å². The van der Waals surface area contributed by atoms with E-state index in [1.165, 1.54) is 16.7 Å². The summed E-state index contributed by atoms with van der Waals surface area (Å²) in [7, 11) is 1.76. The average molecular weight is 221 g/mol. The summed E-state index contributed by atoms with van der Waals surface area (Å²) in [6.07, 6.45) is 1.14. The van der Waals surface area contributed by atoms with Gasteiger partial charge in [0, 0.05) is 7.11 Å². The van der Waals surface area contributed by atoms with E-state index in [-0.39, 0.29) is 0 Å². The Morgan fingerprint density at radius 2 is 2.06 bits per heavy atom. The van der Waals surface area contributed by atoms with Crippen LogP contribution < -0.4 is 5.32 Å². The van der Waals surface area contributed by atoms with Crippen molar-refractivity contribution in [3.05, 3.63) is 34.9 Å². The van der Waals surface area contributed by atoms with Crippen molar-refractivity contribution in [2.45, 2.75) is 33.2 Å². The van der Waals surface area contributed by atoms with Crippen molar-refractivity contribution < 1.29 is 4.74 Å². The van der Waals surface area contributed by atoms with Gasteiger partial charge in [0.15, 0.2) is 0 Å². The van der Waals surface area contributed by atoms with Crippen molar-refractivity contribution in [1.29, 1.82) is 0 Å². The lowest BCUT2D eigenvalue weighted by Crippen LogP contribution is -2.26. The lowest BCUT2D eigenvalue weighted by Gasteiger charge is -2.21. The van der Waals surface area contributed by atoms with Gasteiger partial charge in [0.1, 0.15) is 0 Å². The molecular weight excluding hydrogens is 198 g/mol. The van der Waals surface area contributed by atoms with E-state index in [4.69, 9.17) is 4.74 Å². The zero-order chi connectivity index (χ0) is 12.0. The zero-order valence-corrected chi connectivity index (χ0v) is 10.8. The fourth-order valence-electron chi connectivity index (χ4n) is 1.90. The number of aryl methyl sites for hydroxylation is 1. The second kappa shape index (κ2) is 6.66. The van der Waals surface area contributed by atoms with Gasteiger partial charge in [0.25, 0.3) is 0 Å². The number of hydrogen-bond acceptors (Lipinski definition) is 2. The molecule has 1 aromatic rings. The summed E-state index contributed by atoms with van der Waals surface area (Å²) in [5.41, 5.74) is 4.07. The van der Waals surface area contributed by atoms with E-state index in [0.717, 1.165) is 19.6 Å². The van der Waals surface area contributed by atoms with Gasteiger partial charge in [-0.25, -0.2) is 0 Å². The van der Waals surface area contributed by atoms with Crippen LogP contribution in [0.1, 0.15) is 36.1 Å². The van der Waals surface area contributed by atoms with Crippen LogP contribution in [-0.2, 0) is 4.74 Å². The van der Waals surface area contributed by atoms with E-state index in [1.54, 1.807) is 7.11 Å². The van der Waals surface area contributed by atoms with Crippen molar-refractivity contribution in [2.24, 2.45) is 0 Å². The monoisotopic (exact) mass is 221 g/mol. The molecule has 0 amide bonds. The van der Waals surface area contributed by atoms with Gasteiger partial charge in [-0.3, -0.25) is 0 Å². The molecule has 0 bridgehead atoms. The first kappa shape index (κ1) is 13.2. The molecule has 0 aliphatic rings. The second-order valence-corrected chi connectivity index (χ2v) is 4.25. The number of methoxy groups -OCH3 is 1. The molecule has 2 nitrogen and oxygen atoms in total. The average Bonchev–Trinajstić information content (AvgIpc) is 2.28. The highest BCUT2D eigenvalue weighted by molar-refractivity contribution is 5.35. The minimum Gasteiger partial charge on any atom is -0.383 e. The molecule has 1 rings (SSSR count). The lowest BCUT2D eigenvalue weighted by atomic mass is 9.98. The Morgan fingerprint density at radius 1 is 1.31 bits per heavy atom. The summed E-state index contributed by atoms with van der Waals surface area (Å²) in [5, 5.41) is 3.53. The summed E-state index contributed by atoms with van der Waals surface area (Å²) in [4.78, 5) is 0. The van der Waals surface area contributed by atoms with Crippen LogP contribution in [0.4, 0.5) is 0 Å². The molecule has 1 N–H and O–H groups in total. The van der Waals surface area contributed by atoms with Crippen LogP contribution in [0.25, 0.3) is 0 Å². The van der Waals surface area contributed by atoms with Crippen LogP contribution in [0.5, 0.6) is 0 Å². The largest absolute Gasteiger partial charge is 0.383 e. The van der Waals surface area contributed by atoms with E-state index in [1.807, 2.05) is 0 Å². The number of hydrogen-bond donors (Lipinski definition) is 1. The third kappa shape index (κ3) is 3.32. The van der Waals surface area contributed by atoms with Crippen LogP contribution in [0, 0.1) is 13.8 Å². The molecule has 0 aliphatic heterocycles. The maximum atomic E-state index is 5.29. The van der Waals surface area contributed by atoms with E-state index in [2.05, 4.69) is 44.3 Å². The van der Waals surface area contributed by atoms with E-state index >= 15 is 0 Å². The molecule has 1 unspecified atom stereocenters. The third-order valence-electron chi connectivity index (χ3n) is 3.00. The molecule has 0 saturated carbocycles. The SMILES string of the molecule is CCCNC(COC)c1cccc(C)c1C. The summed E-state index contributed by atoms with van der Waals surface area (Å²) in [6.45, 7) is 8.27. The van der Waals surface area contributed by atoms with Gasteiger partial charge in [0.05, 0.1) is 12.6 Å². The predicted octanol–water partition coefficient (Wildman–Crippen LogP) is 2.99. The van der Waals surface area contributed by atoms with Gasteiger partial charge in [-0.2, -0.15) is 0 Å². The van der Waals surface area contributed by atoms with E-state index < -0.39 is 0 Å². The van der Waals surface area contributed by atoms with Gasteiger partial charge in [-0.15, -0.1) is 0 Å². The molecule has 1 aromatic carbocycles. The Labute approximate surface area is 99.0 Å². The van der Waals surface area contributed by atoms with Crippen molar-refractivity contribution in [3.8, 4) is 0 Å². The smallest absolute Gasteiger partial charge is 0.0657 e. The third-order valence-corrected chi connectivity index (χ3v) is 3.00. The molecule has 16 heavy (non-hydrogen) atoms. The summed E-state index contributed by atoms with van der Waals surface area (Å²) in [6, 6.07) is 6.77. The van der Waals surface area contributed by atoms with Crippen LogP contribution in [0.2, 0.25) is 0 Å². The standard InChI is InChI=1S/C14H23NO/c1-5-9-15-14(10-16-4)13-8-6-7-11(2)12(13)3/h6-8,14-15H,5,9-10H2,1-4H3. The Kier molecular flexibility index (Phi) is 5.50. The summed E-state index contributed by atoms with van der Waals surface area (Å²) in [5.74, 6) is 0. The topological polar surface area (TPSA) is 21.3 Å². The zero-order valence-electron chi connectivity index (χ0n) is 10.8. The maximum Gasteiger partial charge on any atom is 0.0657 e. The second-order valence-electron chi connectivity index (χ2n) is 4.25. The molecule has 0 saturated heterocycles. The molecule has 0 radical (unpaired) electrons. The number of nitrogens with one attached hydrogen (secondary N) is 1. The quantitative estimate of drug-likeness (QED) is 0.797. The first-order valence-electron chi connectivity index (χ1n) is 5.99. The van der Waals surface area contributed by atoms with Gasteiger partial charge < -0.3 is 10.1 Å². The van der Waals surface area contributed by atoms with E-state index in [9.17, 15) is 0 Å². The Balaban J connectivity index is 2.86. The highest BCUT2D eigenvalue weighted by Gasteiger charge is 2.13. The van der Waals surface area contributed by atoms with Crippen molar-refractivity contribution in [1.82, 2.24) is 5.32 Å². The number of ether oxygens (including phenoxy) is 1. The molecule has 0 fully saturated rings. The maximum absolute atomic E-state index is 5.29. The van der Waals surface area contributed by atoms with Crippen LogP contribution in [-0.4, -0.2) is 20.3 Å². The van der Waals surface area contributed by atoms with Crippen LogP contribution in [0.15, 0.2) is 18.2 Å². The highest BCUT2D eigenvalue weighted by atomic mass is 16.5. The fourth-order valence-corrected chi connectivity index (χ4v) is 1.90. The van der Waals surface area contributed by atoms with Crippen molar-refractivity contribution in [2.75, 3.05) is 20.3 Å². The molecule has 0 heterocycles. The van der Waals surface area contributed by atoms with Crippen molar-refractivity contribution in [3.63, 3.8) is 0 Å². The molecule has 0 spiro atoms. The molecule has 0 aliphatic carbocycles. The molecule has 90 valence electrons. The predicted molar refractivity (Wildman–Crippen MR) is 68.8 cm³/mol. The summed E-state index contributed by atoms with van der Waals surface area (Å²) >= 11 is 0. The van der Waals surface area contributed by atoms with Crippen molar-refractivity contribution >= 4 is 0 Å². The lowest BCUT2D eigenvalue weighted by molar-refractivity contribution is 0.167. The van der Waals surface area contributed by atoms with Crippen LogP contribution in [0.3, 0.4) is 0 Å². The van der Waals surface area contributed by atoms with E-state index in [0.29, 0.717) is 6.04 Å². The first-order valence-corrected chi connectivity index (χ1v) is 5.99. The van der Waals surface area contributed by atoms with Gasteiger partial charge >= 0.3 is 0 Å². The Hall–Kier alpha value is -0.860. The molecule has 0 aromatic heterocycles. The summed E-state index contributed by atoms with van der Waals surface area (Å²) < 4.78 is 5.29. The molecule has 1 atom stereocenters. The van der Waals surface area contributed by atoms with Gasteiger partial charge in [-0.1, -0.05) is 25.1 Å². The van der Waals surface area contributed by atoms with Gasteiger partial charge in [-0.05, 0) is 43.5 Å². The number of benzene rings is 1. The highest BCUT2D eigenvalue weighted by Crippen LogP contribution is 2.20. The minimum absolute atomic E-state index is 0.310.